The average molecular weight is 458 g/mol. The zero-order valence-corrected chi connectivity index (χ0v) is 17.7. The molecule has 0 fully saturated rings. The smallest absolute Gasteiger partial charge is 0.399 e. The zero-order chi connectivity index (χ0) is 24.3. The average Bonchev–Trinajstić information content (AvgIpc) is 2.76. The Morgan fingerprint density at radius 2 is 1.39 bits per heavy atom. The molecule has 172 valence electrons. The van der Waals surface area contributed by atoms with E-state index in [4.69, 9.17) is 0 Å². The number of hydrogen-bond acceptors (Lipinski definition) is 5. The molecule has 0 spiro atoms. The van der Waals surface area contributed by atoms with Gasteiger partial charge in [-0.25, -0.2) is 0 Å². The number of carbonyl (C=O) groups is 2. The number of phenolic OH excluding ortho intramolecular Hbond substituents is 2. The Morgan fingerprint density at radius 3 is 1.94 bits per heavy atom. The van der Waals surface area contributed by atoms with E-state index in [9.17, 15) is 33.0 Å². The molecule has 0 aliphatic rings. The number of halogens is 3. The first-order valence-electron chi connectivity index (χ1n) is 9.84. The zero-order valence-electron chi connectivity index (χ0n) is 17.7. The van der Waals surface area contributed by atoms with Crippen LogP contribution >= 0.6 is 0 Å². The molecule has 3 aromatic rings. The highest BCUT2D eigenvalue weighted by atomic mass is 19.4. The maximum Gasteiger partial charge on any atom is 0.399 e. The second-order valence-corrected chi connectivity index (χ2v) is 7.37. The number of benzene rings is 3. The SMILES string of the molecule is CNc1cc(C(c2ccc(O)c(NC(=O)c3cccc(C(C)=O)c3)c2)C(F)(F)F)ccc1O. The van der Waals surface area contributed by atoms with Gasteiger partial charge < -0.3 is 20.8 Å². The minimum absolute atomic E-state index is 0.108. The Kier molecular flexibility index (Phi) is 6.62. The number of alkyl halides is 3. The van der Waals surface area contributed by atoms with Gasteiger partial charge in [0, 0.05) is 18.2 Å². The van der Waals surface area contributed by atoms with E-state index < -0.39 is 23.8 Å². The molecular formula is C24H21F3N2O4. The van der Waals surface area contributed by atoms with E-state index in [0.29, 0.717) is 5.56 Å². The largest absolute Gasteiger partial charge is 0.506 e. The highest BCUT2D eigenvalue weighted by Gasteiger charge is 2.42. The molecule has 0 aliphatic heterocycles. The second kappa shape index (κ2) is 9.23. The summed E-state index contributed by atoms with van der Waals surface area (Å²) in [6, 6.07) is 12.6. The van der Waals surface area contributed by atoms with Crippen LogP contribution in [0.3, 0.4) is 0 Å². The molecule has 0 saturated heterocycles. The van der Waals surface area contributed by atoms with Crippen LogP contribution in [0.4, 0.5) is 24.5 Å². The Hall–Kier alpha value is -4.01. The maximum absolute atomic E-state index is 14.0. The third kappa shape index (κ3) is 5.25. The molecule has 0 radical (unpaired) electrons. The predicted octanol–water partition coefficient (Wildman–Crippen LogP) is 5.29. The van der Waals surface area contributed by atoms with Crippen molar-refractivity contribution in [2.45, 2.75) is 19.0 Å². The van der Waals surface area contributed by atoms with E-state index in [1.54, 1.807) is 0 Å². The molecule has 1 atom stereocenters. The number of Topliss-reactive ketones (excluding diaryl/α,β-unsaturated/α-hetero) is 1. The van der Waals surface area contributed by atoms with Crippen molar-refractivity contribution in [3.05, 3.63) is 82.9 Å². The Morgan fingerprint density at radius 1 is 0.848 bits per heavy atom. The van der Waals surface area contributed by atoms with E-state index in [0.717, 1.165) is 30.3 Å². The summed E-state index contributed by atoms with van der Waals surface area (Å²) in [5, 5.41) is 25.0. The lowest BCUT2D eigenvalue weighted by molar-refractivity contribution is -0.141. The molecule has 1 unspecified atom stereocenters. The topological polar surface area (TPSA) is 98.7 Å². The summed E-state index contributed by atoms with van der Waals surface area (Å²) < 4.78 is 42.1. The predicted molar refractivity (Wildman–Crippen MR) is 118 cm³/mol. The van der Waals surface area contributed by atoms with Crippen molar-refractivity contribution in [2.24, 2.45) is 0 Å². The van der Waals surface area contributed by atoms with Crippen LogP contribution in [0.15, 0.2) is 60.7 Å². The van der Waals surface area contributed by atoms with Crippen LogP contribution in [0.25, 0.3) is 0 Å². The van der Waals surface area contributed by atoms with Gasteiger partial charge in [0.05, 0.1) is 11.4 Å². The number of phenols is 2. The van der Waals surface area contributed by atoms with E-state index in [2.05, 4.69) is 10.6 Å². The second-order valence-electron chi connectivity index (χ2n) is 7.37. The minimum Gasteiger partial charge on any atom is -0.506 e. The summed E-state index contributed by atoms with van der Waals surface area (Å²) in [7, 11) is 1.47. The lowest BCUT2D eigenvalue weighted by Crippen LogP contribution is -2.22. The Balaban J connectivity index is 2.00. The van der Waals surface area contributed by atoms with E-state index >= 15 is 0 Å². The van der Waals surface area contributed by atoms with Crippen LogP contribution in [-0.4, -0.2) is 35.1 Å². The molecule has 6 nitrogen and oxygen atoms in total. The highest BCUT2D eigenvalue weighted by Crippen LogP contribution is 2.43. The molecule has 9 heteroatoms. The van der Waals surface area contributed by atoms with Gasteiger partial charge in [0.2, 0.25) is 0 Å². The normalized spacial score (nSPS) is 12.2. The highest BCUT2D eigenvalue weighted by molar-refractivity contribution is 6.06. The molecule has 0 saturated carbocycles. The molecule has 0 aliphatic carbocycles. The number of hydrogen-bond donors (Lipinski definition) is 4. The first-order chi connectivity index (χ1) is 15.5. The first-order valence-corrected chi connectivity index (χ1v) is 9.84. The van der Waals surface area contributed by atoms with Gasteiger partial charge in [0.1, 0.15) is 17.4 Å². The molecule has 3 rings (SSSR count). The Labute approximate surface area is 187 Å². The molecule has 33 heavy (non-hydrogen) atoms. The summed E-state index contributed by atoms with van der Waals surface area (Å²) in [4.78, 5) is 24.2. The quantitative estimate of drug-likeness (QED) is 0.297. The van der Waals surface area contributed by atoms with Crippen LogP contribution in [0.2, 0.25) is 0 Å². The van der Waals surface area contributed by atoms with Gasteiger partial charge in [0.15, 0.2) is 5.78 Å². The van der Waals surface area contributed by atoms with Crippen molar-refractivity contribution in [2.75, 3.05) is 17.7 Å². The standard InChI is InChI=1S/C24H21F3N2O4/c1-13(30)14-4-3-5-17(10-14)23(33)29-19-12-16(7-9-21(19)32)22(24(25,26)27)15-6-8-20(31)18(11-15)28-2/h3-12,22,28,31-32H,1-2H3,(H,29,33). The van der Waals surface area contributed by atoms with Gasteiger partial charge >= 0.3 is 6.18 Å². The van der Waals surface area contributed by atoms with Crippen molar-refractivity contribution in [3.63, 3.8) is 0 Å². The first kappa shape index (κ1) is 23.6. The van der Waals surface area contributed by atoms with Crippen molar-refractivity contribution in [3.8, 4) is 11.5 Å². The van der Waals surface area contributed by atoms with Crippen LogP contribution in [0.1, 0.15) is 44.7 Å². The fraction of sp³-hybridized carbons (Fsp3) is 0.167. The van der Waals surface area contributed by atoms with Gasteiger partial charge in [0.25, 0.3) is 5.91 Å². The minimum atomic E-state index is -4.70. The lowest BCUT2D eigenvalue weighted by Gasteiger charge is -2.23. The summed E-state index contributed by atoms with van der Waals surface area (Å²) in [6.07, 6.45) is -4.70. The summed E-state index contributed by atoms with van der Waals surface area (Å²) >= 11 is 0. The number of nitrogens with one attached hydrogen (secondary N) is 2. The number of amides is 1. The summed E-state index contributed by atoms with van der Waals surface area (Å²) in [5.41, 5.74) is -0.0443. The van der Waals surface area contributed by atoms with Gasteiger partial charge in [-0.05, 0) is 54.4 Å². The fourth-order valence-corrected chi connectivity index (χ4v) is 3.41. The summed E-state index contributed by atoms with van der Waals surface area (Å²) in [6.45, 7) is 1.34. The van der Waals surface area contributed by atoms with Crippen LogP contribution in [0.5, 0.6) is 11.5 Å². The molecule has 0 bridgehead atoms. The third-order valence-electron chi connectivity index (χ3n) is 5.08. The van der Waals surface area contributed by atoms with Crippen LogP contribution in [-0.2, 0) is 0 Å². The molecule has 4 N–H and O–H groups in total. The number of anilines is 2. The number of rotatable bonds is 6. The third-order valence-corrected chi connectivity index (χ3v) is 5.08. The van der Waals surface area contributed by atoms with Crippen LogP contribution < -0.4 is 10.6 Å². The van der Waals surface area contributed by atoms with Gasteiger partial charge in [-0.1, -0.05) is 24.3 Å². The lowest BCUT2D eigenvalue weighted by atomic mass is 9.89. The van der Waals surface area contributed by atoms with Gasteiger partial charge in [-0.2, -0.15) is 13.2 Å². The van der Waals surface area contributed by atoms with E-state index in [1.165, 1.54) is 44.3 Å². The monoisotopic (exact) mass is 458 g/mol. The molecular weight excluding hydrogens is 437 g/mol. The maximum atomic E-state index is 14.0. The summed E-state index contributed by atoms with van der Waals surface area (Å²) in [5.74, 6) is -3.65. The fourth-order valence-electron chi connectivity index (χ4n) is 3.41. The van der Waals surface area contributed by atoms with Crippen molar-refractivity contribution in [1.29, 1.82) is 0 Å². The molecule has 3 aromatic carbocycles. The number of ketones is 1. The molecule has 1 amide bonds. The Bertz CT molecular complexity index is 1210. The molecule has 0 aromatic heterocycles. The van der Waals surface area contributed by atoms with Crippen molar-refractivity contribution < 1.29 is 33.0 Å². The van der Waals surface area contributed by atoms with E-state index in [-0.39, 0.29) is 39.6 Å². The van der Waals surface area contributed by atoms with E-state index in [1.807, 2.05) is 0 Å². The van der Waals surface area contributed by atoms with Gasteiger partial charge in [-0.15, -0.1) is 0 Å². The number of carbonyl (C=O) groups excluding carboxylic acids is 2. The van der Waals surface area contributed by atoms with Crippen molar-refractivity contribution in [1.82, 2.24) is 0 Å². The van der Waals surface area contributed by atoms with Gasteiger partial charge in [-0.3, -0.25) is 9.59 Å². The number of aromatic hydroxyl groups is 2. The molecule has 0 heterocycles. The van der Waals surface area contributed by atoms with Crippen molar-refractivity contribution >= 4 is 23.1 Å². The van der Waals surface area contributed by atoms with Crippen LogP contribution in [0, 0.1) is 0 Å².